The van der Waals surface area contributed by atoms with Crippen LogP contribution in [0.25, 0.3) is 0 Å². The van der Waals surface area contributed by atoms with Crippen molar-refractivity contribution >= 4 is 8.80 Å². The molecule has 284 valence electrons. The first-order valence-corrected chi connectivity index (χ1v) is 22.0. The van der Waals surface area contributed by atoms with Crippen molar-refractivity contribution < 1.29 is 28.0 Å². The van der Waals surface area contributed by atoms with E-state index in [2.05, 4.69) is 41.7 Å². The average Bonchev–Trinajstić information content (AvgIpc) is 3.04. The van der Waals surface area contributed by atoms with Crippen molar-refractivity contribution in [1.82, 2.24) is 0 Å². The van der Waals surface area contributed by atoms with Gasteiger partial charge in [-0.15, -0.1) is 0 Å². The molecular weight excluding hydrogens is 603 g/mol. The van der Waals surface area contributed by atoms with Crippen LogP contribution in [0.4, 0.5) is 0 Å². The number of aliphatic hydroxyl groups excluding tert-OH is 2. The summed E-state index contributed by atoms with van der Waals surface area (Å²) in [6, 6.07) is 0.762. The summed E-state index contributed by atoms with van der Waals surface area (Å²) in [5, 5.41) is 20.1. The average molecular weight is 689 g/mol. The van der Waals surface area contributed by atoms with Gasteiger partial charge in [-0.05, 0) is 37.5 Å². The Morgan fingerprint density at radius 2 is 0.787 bits per heavy atom. The second-order valence-electron chi connectivity index (χ2n) is 17.6. The molecule has 0 radical (unpaired) electrons. The van der Waals surface area contributed by atoms with Crippen molar-refractivity contribution in [2.75, 3.05) is 59.7 Å². The van der Waals surface area contributed by atoms with Crippen LogP contribution in [0.3, 0.4) is 0 Å². The fourth-order valence-corrected chi connectivity index (χ4v) is 8.82. The van der Waals surface area contributed by atoms with Crippen molar-refractivity contribution in [2.45, 2.75) is 184 Å². The molecule has 0 atom stereocenters. The number of unbranched alkanes of at least 4 members (excludes halogenated alkanes) is 14. The third-order valence-electron chi connectivity index (χ3n) is 10.1. The highest BCUT2D eigenvalue weighted by Gasteiger charge is 2.45. The van der Waals surface area contributed by atoms with Gasteiger partial charge in [-0.1, -0.05) is 139 Å². The number of hydrogen-bond donors (Lipinski definition) is 2. The van der Waals surface area contributed by atoms with Crippen molar-refractivity contribution in [3.63, 3.8) is 0 Å². The van der Waals surface area contributed by atoms with Gasteiger partial charge in [0, 0.05) is 43.1 Å². The van der Waals surface area contributed by atoms with E-state index in [1.807, 2.05) is 27.7 Å². The molecule has 0 aliphatic rings. The van der Waals surface area contributed by atoms with Crippen LogP contribution in [0, 0.1) is 16.2 Å². The number of hydrogen-bond acceptors (Lipinski definition) is 5. The van der Waals surface area contributed by atoms with Gasteiger partial charge in [0.15, 0.2) is 0 Å². The molecule has 0 fully saturated rings. The van der Waals surface area contributed by atoms with Crippen LogP contribution in [0.1, 0.15) is 178 Å². The fourth-order valence-electron chi connectivity index (χ4n) is 5.72. The molecule has 6 nitrogen and oxygen atoms in total. The van der Waals surface area contributed by atoms with Gasteiger partial charge in [0.1, 0.15) is 0 Å². The lowest BCUT2D eigenvalue weighted by molar-refractivity contribution is -0.910. The van der Waals surface area contributed by atoms with E-state index in [0.29, 0.717) is 19.8 Å². The second-order valence-corrected chi connectivity index (χ2v) is 20.3. The van der Waals surface area contributed by atoms with Gasteiger partial charge in [0.25, 0.3) is 0 Å². The first-order chi connectivity index (χ1) is 22.1. The molecule has 0 unspecified atom stereocenters. The zero-order valence-electron chi connectivity index (χ0n) is 33.7. The van der Waals surface area contributed by atoms with Gasteiger partial charge in [0.2, 0.25) is 0 Å². The Hall–Kier alpha value is -0.0231. The van der Waals surface area contributed by atoms with Gasteiger partial charge < -0.3 is 28.0 Å². The Kier molecular flexibility index (Phi) is 25.8. The van der Waals surface area contributed by atoms with Gasteiger partial charge >= 0.3 is 8.80 Å². The smallest absolute Gasteiger partial charge is 0.396 e. The molecule has 0 aromatic carbocycles. The van der Waals surface area contributed by atoms with E-state index >= 15 is 0 Å². The quantitative estimate of drug-likeness (QED) is 0.0400. The molecule has 0 aliphatic carbocycles. The van der Waals surface area contributed by atoms with Crippen LogP contribution in [0.15, 0.2) is 0 Å². The van der Waals surface area contributed by atoms with Gasteiger partial charge in [-0.3, -0.25) is 0 Å². The molecule has 0 bridgehead atoms. The predicted octanol–water partition coefficient (Wildman–Crippen LogP) is 10.6. The molecule has 0 aromatic rings. The summed E-state index contributed by atoms with van der Waals surface area (Å²) in [5.41, 5.74) is -0.744. The van der Waals surface area contributed by atoms with Crippen molar-refractivity contribution in [2.24, 2.45) is 16.2 Å². The zero-order valence-corrected chi connectivity index (χ0v) is 34.7. The van der Waals surface area contributed by atoms with E-state index in [1.165, 1.54) is 116 Å². The highest BCUT2D eigenvalue weighted by Crippen LogP contribution is 2.30. The third kappa shape index (κ3) is 24.7. The predicted molar refractivity (Wildman–Crippen MR) is 205 cm³/mol. The Morgan fingerprint density at radius 1 is 0.468 bits per heavy atom. The third-order valence-corrected chi connectivity index (χ3v) is 12.9. The summed E-state index contributed by atoms with van der Waals surface area (Å²) in [6.07, 6.45) is 23.7. The highest BCUT2D eigenvalue weighted by atomic mass is 28.4. The van der Waals surface area contributed by atoms with E-state index in [-0.39, 0.29) is 29.5 Å². The molecule has 7 heteroatoms. The lowest BCUT2D eigenvalue weighted by atomic mass is 9.92. The summed E-state index contributed by atoms with van der Waals surface area (Å²) in [7, 11) is -0.641. The molecule has 0 aliphatic heterocycles. The fraction of sp³-hybridized carbons (Fsp3) is 1.00. The Bertz CT molecular complexity index is 659. The van der Waals surface area contributed by atoms with Crippen LogP contribution in [0.2, 0.25) is 6.04 Å². The van der Waals surface area contributed by atoms with Gasteiger partial charge in [-0.25, -0.2) is 0 Å². The lowest BCUT2D eigenvalue weighted by Crippen LogP contribution is -2.52. The molecule has 0 saturated heterocycles. The maximum atomic E-state index is 10.0. The van der Waals surface area contributed by atoms with Crippen LogP contribution >= 0.6 is 0 Å². The molecular formula is C40H86NO5Si+. The number of rotatable bonds is 34. The van der Waals surface area contributed by atoms with Gasteiger partial charge in [-0.2, -0.15) is 0 Å². The van der Waals surface area contributed by atoms with E-state index in [9.17, 15) is 10.2 Å². The minimum Gasteiger partial charge on any atom is -0.396 e. The van der Waals surface area contributed by atoms with Crippen molar-refractivity contribution in [1.29, 1.82) is 0 Å². The van der Waals surface area contributed by atoms with Crippen molar-refractivity contribution in [3.8, 4) is 0 Å². The first-order valence-electron chi connectivity index (χ1n) is 20.1. The summed E-state index contributed by atoms with van der Waals surface area (Å²) in [6.45, 7) is 24.4. The molecule has 0 heterocycles. The normalized spacial score (nSPS) is 13.5. The van der Waals surface area contributed by atoms with E-state index in [1.54, 1.807) is 0 Å². The highest BCUT2D eigenvalue weighted by molar-refractivity contribution is 6.60. The molecule has 0 aromatic heterocycles. The van der Waals surface area contributed by atoms with Crippen LogP contribution in [0.5, 0.6) is 0 Å². The molecule has 0 rings (SSSR count). The summed E-state index contributed by atoms with van der Waals surface area (Å²) in [5.74, 6) is 0. The van der Waals surface area contributed by atoms with E-state index < -0.39 is 8.80 Å². The molecule has 0 spiro atoms. The number of nitrogens with zero attached hydrogens (tertiary/aromatic N) is 1. The number of quaternary nitrogens is 1. The molecule has 0 amide bonds. The molecule has 2 N–H and O–H groups in total. The lowest BCUT2D eigenvalue weighted by Gasteiger charge is -2.39. The number of aliphatic hydroxyl groups is 2. The van der Waals surface area contributed by atoms with Gasteiger partial charge in [0.05, 0.1) is 39.9 Å². The van der Waals surface area contributed by atoms with Crippen LogP contribution < -0.4 is 0 Å². The monoisotopic (exact) mass is 689 g/mol. The minimum absolute atomic E-state index is 0.0155. The zero-order chi connectivity index (χ0) is 35.7. The maximum absolute atomic E-state index is 10.0. The van der Waals surface area contributed by atoms with Crippen molar-refractivity contribution in [3.05, 3.63) is 0 Å². The minimum atomic E-state index is -3.13. The van der Waals surface area contributed by atoms with E-state index in [4.69, 9.17) is 13.3 Å². The SMILES string of the molecule is CCCCCCCCCC[N+](C)(CCCCCCCCCC)CCC[Si](OCC(C)(C)CC)(OCC(C)(C)CO)OCC(C)(C)CO. The van der Waals surface area contributed by atoms with Crippen LogP contribution in [-0.2, 0) is 13.3 Å². The largest absolute Gasteiger partial charge is 0.501 e. The topological polar surface area (TPSA) is 68.2 Å². The van der Waals surface area contributed by atoms with E-state index in [0.717, 1.165) is 29.9 Å². The summed E-state index contributed by atoms with van der Waals surface area (Å²) < 4.78 is 21.4. The molecule has 47 heavy (non-hydrogen) atoms. The maximum Gasteiger partial charge on any atom is 0.501 e. The first kappa shape index (κ1) is 47.0. The standard InChI is InChI=1S/C40H86NO5Si/c1-11-14-16-18-20-22-24-26-29-41(10,30-27-25-23-21-19-17-15-12-2)31-28-32-47(44-35-38(4,5)13-3,45-36-39(6,7)33-42)46-37-40(8,9)34-43/h42-43H,11-37H2,1-10H3/q+1. The van der Waals surface area contributed by atoms with Crippen LogP contribution in [-0.4, -0.2) is 83.2 Å². The second kappa shape index (κ2) is 25.9. The Balaban J connectivity index is 5.69. The summed E-state index contributed by atoms with van der Waals surface area (Å²) >= 11 is 0. The Labute approximate surface area is 296 Å². The Morgan fingerprint density at radius 3 is 1.13 bits per heavy atom. The molecule has 0 saturated carbocycles. The summed E-state index contributed by atoms with van der Waals surface area (Å²) in [4.78, 5) is 0.